The van der Waals surface area contributed by atoms with Crippen LogP contribution in [0.5, 0.6) is 0 Å². The predicted molar refractivity (Wildman–Crippen MR) is 71.0 cm³/mol. The van der Waals surface area contributed by atoms with E-state index in [0.717, 1.165) is 11.3 Å². The van der Waals surface area contributed by atoms with Gasteiger partial charge in [0.2, 0.25) is 0 Å². The van der Waals surface area contributed by atoms with Crippen LogP contribution < -0.4 is 0 Å². The minimum Gasteiger partial charge on any atom is -0.478 e. The van der Waals surface area contributed by atoms with Crippen LogP contribution in [0.15, 0.2) is 42.6 Å². The molecule has 2 aromatic rings. The second-order valence-corrected chi connectivity index (χ2v) is 4.64. The Morgan fingerprint density at radius 3 is 2.44 bits per heavy atom. The van der Waals surface area contributed by atoms with Gasteiger partial charge in [0.25, 0.3) is 0 Å². The molecule has 0 atom stereocenters. The average molecular weight is 243 g/mol. The minimum absolute atomic E-state index is 0.261. The van der Waals surface area contributed by atoms with Gasteiger partial charge in [0.05, 0.1) is 5.56 Å². The number of nitrogens with zero attached hydrogens (tertiary/aromatic N) is 1. The van der Waals surface area contributed by atoms with E-state index >= 15 is 0 Å². The smallest absolute Gasteiger partial charge is 0.337 e. The van der Waals surface area contributed by atoms with Crippen LogP contribution in [0.2, 0.25) is 0 Å². The molecule has 1 aromatic carbocycles. The van der Waals surface area contributed by atoms with E-state index < -0.39 is 5.97 Å². The topological polar surface area (TPSA) is 42.2 Å². The van der Waals surface area contributed by atoms with Crippen LogP contribution in [0.4, 0.5) is 0 Å². The van der Waals surface area contributed by atoms with Crippen LogP contribution in [0.3, 0.4) is 0 Å². The van der Waals surface area contributed by atoms with Crippen molar-refractivity contribution in [2.24, 2.45) is 0 Å². The van der Waals surface area contributed by atoms with E-state index in [0.29, 0.717) is 12.0 Å². The van der Waals surface area contributed by atoms with Crippen LogP contribution in [-0.4, -0.2) is 15.6 Å². The zero-order chi connectivity index (χ0) is 13.1. The molecule has 0 saturated heterocycles. The maximum atomic E-state index is 11.2. The van der Waals surface area contributed by atoms with Crippen molar-refractivity contribution in [3.8, 4) is 0 Å². The molecule has 0 aliphatic rings. The van der Waals surface area contributed by atoms with Gasteiger partial charge in [0.1, 0.15) is 0 Å². The molecule has 18 heavy (non-hydrogen) atoms. The van der Waals surface area contributed by atoms with Crippen molar-refractivity contribution in [2.75, 3.05) is 0 Å². The van der Waals surface area contributed by atoms with Gasteiger partial charge in [0.15, 0.2) is 0 Å². The van der Waals surface area contributed by atoms with E-state index in [-0.39, 0.29) is 6.04 Å². The van der Waals surface area contributed by atoms with Crippen molar-refractivity contribution < 1.29 is 9.90 Å². The highest BCUT2D eigenvalue weighted by molar-refractivity contribution is 5.89. The molecule has 0 amide bonds. The highest BCUT2D eigenvalue weighted by Crippen LogP contribution is 2.20. The molecule has 3 heteroatoms. The molecule has 0 bridgehead atoms. The summed E-state index contributed by atoms with van der Waals surface area (Å²) in [7, 11) is 0. The van der Waals surface area contributed by atoms with Gasteiger partial charge in [-0.15, -0.1) is 0 Å². The van der Waals surface area contributed by atoms with Gasteiger partial charge in [-0.3, -0.25) is 0 Å². The SMILES string of the molecule is CC(C)n1ccc(C(=O)O)c1Cc1ccccc1. The summed E-state index contributed by atoms with van der Waals surface area (Å²) in [6, 6.07) is 11.9. The number of carboxylic acids is 1. The summed E-state index contributed by atoms with van der Waals surface area (Å²) < 4.78 is 2.02. The molecule has 0 aliphatic carbocycles. The number of benzene rings is 1. The van der Waals surface area contributed by atoms with Gasteiger partial charge >= 0.3 is 5.97 Å². The Kier molecular flexibility index (Phi) is 3.51. The van der Waals surface area contributed by atoms with Gasteiger partial charge in [-0.05, 0) is 25.5 Å². The molecule has 2 rings (SSSR count). The van der Waals surface area contributed by atoms with Gasteiger partial charge in [-0.1, -0.05) is 30.3 Å². The summed E-state index contributed by atoms with van der Waals surface area (Å²) in [5, 5.41) is 9.23. The molecular weight excluding hydrogens is 226 g/mol. The summed E-state index contributed by atoms with van der Waals surface area (Å²) in [4.78, 5) is 11.2. The predicted octanol–water partition coefficient (Wildman–Crippen LogP) is 3.36. The molecule has 94 valence electrons. The Labute approximate surface area is 107 Å². The third kappa shape index (κ3) is 2.45. The van der Waals surface area contributed by atoms with E-state index in [1.54, 1.807) is 6.07 Å². The molecule has 1 aromatic heterocycles. The van der Waals surface area contributed by atoms with E-state index in [1.807, 2.05) is 41.1 Å². The lowest BCUT2D eigenvalue weighted by molar-refractivity contribution is 0.0695. The van der Waals surface area contributed by atoms with E-state index in [1.165, 1.54) is 0 Å². The maximum absolute atomic E-state index is 11.2. The number of aromatic nitrogens is 1. The number of carboxylic acid groups (broad SMARTS) is 1. The zero-order valence-electron chi connectivity index (χ0n) is 10.6. The molecule has 0 unspecified atom stereocenters. The fourth-order valence-corrected chi connectivity index (χ4v) is 2.13. The van der Waals surface area contributed by atoms with Crippen molar-refractivity contribution in [3.05, 3.63) is 59.4 Å². The van der Waals surface area contributed by atoms with Gasteiger partial charge in [0, 0.05) is 24.4 Å². The van der Waals surface area contributed by atoms with Crippen molar-refractivity contribution in [1.29, 1.82) is 0 Å². The quantitative estimate of drug-likeness (QED) is 0.894. The monoisotopic (exact) mass is 243 g/mol. The molecule has 0 saturated carbocycles. The third-order valence-corrected chi connectivity index (χ3v) is 3.03. The van der Waals surface area contributed by atoms with Crippen LogP contribution >= 0.6 is 0 Å². The summed E-state index contributed by atoms with van der Waals surface area (Å²) in [6.07, 6.45) is 2.50. The summed E-state index contributed by atoms with van der Waals surface area (Å²) in [5.41, 5.74) is 2.39. The second kappa shape index (κ2) is 5.08. The van der Waals surface area contributed by atoms with Crippen molar-refractivity contribution in [1.82, 2.24) is 4.57 Å². The zero-order valence-corrected chi connectivity index (χ0v) is 10.6. The lowest BCUT2D eigenvalue weighted by atomic mass is 10.1. The first-order valence-corrected chi connectivity index (χ1v) is 6.06. The van der Waals surface area contributed by atoms with Crippen LogP contribution in [0, 0.1) is 0 Å². The van der Waals surface area contributed by atoms with Crippen molar-refractivity contribution in [2.45, 2.75) is 26.3 Å². The third-order valence-electron chi connectivity index (χ3n) is 3.03. The van der Waals surface area contributed by atoms with Gasteiger partial charge in [-0.25, -0.2) is 4.79 Å². The lowest BCUT2D eigenvalue weighted by Crippen LogP contribution is -2.09. The molecule has 0 spiro atoms. The Hall–Kier alpha value is -2.03. The summed E-state index contributed by atoms with van der Waals surface area (Å²) in [6.45, 7) is 4.11. The number of aromatic carboxylic acids is 1. The second-order valence-electron chi connectivity index (χ2n) is 4.64. The Balaban J connectivity index is 2.41. The molecule has 1 heterocycles. The number of hydrogen-bond donors (Lipinski definition) is 1. The van der Waals surface area contributed by atoms with Gasteiger partial charge in [-0.2, -0.15) is 0 Å². The normalized spacial score (nSPS) is 10.8. The van der Waals surface area contributed by atoms with E-state index in [2.05, 4.69) is 13.8 Å². The molecule has 3 nitrogen and oxygen atoms in total. The Morgan fingerprint density at radius 2 is 1.89 bits per heavy atom. The molecular formula is C15H17NO2. The Morgan fingerprint density at radius 1 is 1.22 bits per heavy atom. The highest BCUT2D eigenvalue weighted by atomic mass is 16.4. The molecule has 0 fully saturated rings. The molecule has 0 radical (unpaired) electrons. The number of rotatable bonds is 4. The summed E-state index contributed by atoms with van der Waals surface area (Å²) in [5.74, 6) is -0.861. The average Bonchev–Trinajstić information content (AvgIpc) is 2.74. The molecule has 0 aliphatic heterocycles. The number of hydrogen-bond acceptors (Lipinski definition) is 1. The standard InChI is InChI=1S/C15H17NO2/c1-11(2)16-9-8-13(15(17)18)14(16)10-12-6-4-3-5-7-12/h3-9,11H,10H2,1-2H3,(H,17,18). The maximum Gasteiger partial charge on any atom is 0.337 e. The first-order valence-electron chi connectivity index (χ1n) is 6.06. The van der Waals surface area contributed by atoms with E-state index in [9.17, 15) is 9.90 Å². The lowest BCUT2D eigenvalue weighted by Gasteiger charge is -2.14. The number of carbonyl (C=O) groups is 1. The fraction of sp³-hybridized carbons (Fsp3) is 0.267. The minimum atomic E-state index is -0.861. The fourth-order valence-electron chi connectivity index (χ4n) is 2.13. The van der Waals surface area contributed by atoms with Crippen LogP contribution in [0.1, 0.15) is 41.5 Å². The van der Waals surface area contributed by atoms with Crippen molar-refractivity contribution >= 4 is 5.97 Å². The van der Waals surface area contributed by atoms with Crippen LogP contribution in [-0.2, 0) is 6.42 Å². The van der Waals surface area contributed by atoms with Crippen molar-refractivity contribution in [3.63, 3.8) is 0 Å². The first-order chi connectivity index (χ1) is 8.59. The van der Waals surface area contributed by atoms with Crippen LogP contribution in [0.25, 0.3) is 0 Å². The highest BCUT2D eigenvalue weighted by Gasteiger charge is 2.16. The summed E-state index contributed by atoms with van der Waals surface area (Å²) >= 11 is 0. The first kappa shape index (κ1) is 12.4. The molecule has 1 N–H and O–H groups in total. The Bertz CT molecular complexity index is 541. The van der Waals surface area contributed by atoms with Gasteiger partial charge < -0.3 is 9.67 Å². The van der Waals surface area contributed by atoms with E-state index in [4.69, 9.17) is 0 Å². The largest absolute Gasteiger partial charge is 0.478 e.